The Morgan fingerprint density at radius 2 is 1.53 bits per heavy atom. The average molecular weight is 261 g/mol. The Bertz CT molecular complexity index is 354. The van der Waals surface area contributed by atoms with Crippen molar-refractivity contribution in [2.24, 2.45) is 5.92 Å². The summed E-state index contributed by atoms with van der Waals surface area (Å²) in [6.07, 6.45) is 2.52. The molecule has 19 heavy (non-hydrogen) atoms. The van der Waals surface area contributed by atoms with E-state index in [4.69, 9.17) is 0 Å². The Hall–Kier alpha value is -0.820. The highest BCUT2D eigenvalue weighted by Crippen LogP contribution is 2.22. The number of nitrogens with one attached hydrogen (secondary N) is 1. The van der Waals surface area contributed by atoms with Gasteiger partial charge in [0.25, 0.3) is 0 Å². The molecule has 108 valence electrons. The van der Waals surface area contributed by atoms with Gasteiger partial charge in [-0.2, -0.15) is 0 Å². The Kier molecular flexibility index (Phi) is 6.06. The van der Waals surface area contributed by atoms with Gasteiger partial charge in [0, 0.05) is 12.6 Å². The summed E-state index contributed by atoms with van der Waals surface area (Å²) in [6, 6.07) is 9.63. The zero-order chi connectivity index (χ0) is 14.5. The van der Waals surface area contributed by atoms with Gasteiger partial charge in [0.2, 0.25) is 0 Å². The predicted molar refractivity (Wildman–Crippen MR) is 85.5 cm³/mol. The maximum Gasteiger partial charge on any atom is 0.0208 e. The molecule has 0 aliphatic carbocycles. The molecule has 1 N–H and O–H groups in total. The quantitative estimate of drug-likeness (QED) is 0.768. The lowest BCUT2D eigenvalue weighted by atomic mass is 9.86. The Morgan fingerprint density at radius 3 is 1.95 bits per heavy atom. The summed E-state index contributed by atoms with van der Waals surface area (Å²) in [4.78, 5) is 0. The van der Waals surface area contributed by atoms with Crippen molar-refractivity contribution in [2.75, 3.05) is 0 Å². The van der Waals surface area contributed by atoms with Crippen molar-refractivity contribution in [3.63, 3.8) is 0 Å². The summed E-state index contributed by atoms with van der Waals surface area (Å²) < 4.78 is 0. The molecule has 1 aromatic rings. The Labute approximate surface area is 119 Å². The van der Waals surface area contributed by atoms with Gasteiger partial charge in [0.15, 0.2) is 0 Å². The third kappa shape index (κ3) is 4.99. The molecule has 1 nitrogen and oxygen atoms in total. The highest BCUT2D eigenvalue weighted by Gasteiger charge is 2.14. The minimum absolute atomic E-state index is 0.245. The van der Waals surface area contributed by atoms with Gasteiger partial charge in [-0.1, -0.05) is 71.7 Å². The highest BCUT2D eigenvalue weighted by molar-refractivity contribution is 5.27. The molecule has 0 spiro atoms. The topological polar surface area (TPSA) is 12.0 Å². The Morgan fingerprint density at radius 1 is 1.00 bits per heavy atom. The average Bonchev–Trinajstić information content (AvgIpc) is 2.37. The van der Waals surface area contributed by atoms with E-state index in [1.54, 1.807) is 0 Å². The van der Waals surface area contributed by atoms with E-state index in [2.05, 4.69) is 71.1 Å². The van der Waals surface area contributed by atoms with Crippen LogP contribution in [0.15, 0.2) is 24.3 Å². The first kappa shape index (κ1) is 16.2. The smallest absolute Gasteiger partial charge is 0.0208 e. The summed E-state index contributed by atoms with van der Waals surface area (Å²) in [5, 5.41) is 3.66. The molecule has 0 bridgehead atoms. The molecule has 0 heterocycles. The summed E-state index contributed by atoms with van der Waals surface area (Å²) in [6.45, 7) is 14.6. The molecular formula is C18H31N. The molecule has 0 aromatic heterocycles. The monoisotopic (exact) mass is 261 g/mol. The number of benzene rings is 1. The first-order chi connectivity index (χ1) is 8.88. The van der Waals surface area contributed by atoms with Crippen molar-refractivity contribution in [3.8, 4) is 0 Å². The van der Waals surface area contributed by atoms with Gasteiger partial charge in [-0.15, -0.1) is 0 Å². The fourth-order valence-corrected chi connectivity index (χ4v) is 2.56. The zero-order valence-corrected chi connectivity index (χ0v) is 13.6. The van der Waals surface area contributed by atoms with Crippen molar-refractivity contribution in [1.29, 1.82) is 0 Å². The number of hydrogen-bond donors (Lipinski definition) is 1. The van der Waals surface area contributed by atoms with Crippen molar-refractivity contribution < 1.29 is 0 Å². The van der Waals surface area contributed by atoms with E-state index in [1.807, 2.05) is 0 Å². The van der Waals surface area contributed by atoms with Gasteiger partial charge < -0.3 is 5.32 Å². The zero-order valence-electron chi connectivity index (χ0n) is 13.6. The van der Waals surface area contributed by atoms with Crippen LogP contribution in [-0.2, 0) is 12.0 Å². The summed E-state index contributed by atoms with van der Waals surface area (Å²) >= 11 is 0. The third-order valence-corrected chi connectivity index (χ3v) is 4.20. The lowest BCUT2D eigenvalue weighted by molar-refractivity contribution is 0.353. The van der Waals surface area contributed by atoms with E-state index in [0.29, 0.717) is 6.04 Å². The fraction of sp³-hybridized carbons (Fsp3) is 0.667. The third-order valence-electron chi connectivity index (χ3n) is 4.20. The van der Waals surface area contributed by atoms with E-state index in [9.17, 15) is 0 Å². The van der Waals surface area contributed by atoms with Gasteiger partial charge in [0.1, 0.15) is 0 Å². The summed E-state index contributed by atoms with van der Waals surface area (Å²) in [5.41, 5.74) is 3.03. The van der Waals surface area contributed by atoms with Gasteiger partial charge in [-0.25, -0.2) is 0 Å². The lowest BCUT2D eigenvalue weighted by Crippen LogP contribution is -2.32. The van der Waals surface area contributed by atoms with E-state index < -0.39 is 0 Å². The van der Waals surface area contributed by atoms with Gasteiger partial charge in [-0.3, -0.25) is 0 Å². The van der Waals surface area contributed by atoms with E-state index >= 15 is 0 Å². The van der Waals surface area contributed by atoms with Crippen LogP contribution in [0, 0.1) is 5.92 Å². The number of rotatable bonds is 6. The maximum absolute atomic E-state index is 3.66. The van der Waals surface area contributed by atoms with Crippen molar-refractivity contribution in [3.05, 3.63) is 35.4 Å². The lowest BCUT2D eigenvalue weighted by Gasteiger charge is -2.23. The molecule has 1 unspecified atom stereocenters. The van der Waals surface area contributed by atoms with Crippen LogP contribution in [0.3, 0.4) is 0 Å². The molecule has 1 aromatic carbocycles. The Balaban J connectivity index is 2.55. The second kappa shape index (κ2) is 7.09. The van der Waals surface area contributed by atoms with Crippen LogP contribution in [0.25, 0.3) is 0 Å². The predicted octanol–water partition coefficient (Wildman–Crippen LogP) is 4.90. The molecule has 1 heteroatoms. The van der Waals surface area contributed by atoms with Crippen molar-refractivity contribution >= 4 is 0 Å². The van der Waals surface area contributed by atoms with Crippen LogP contribution < -0.4 is 5.32 Å². The summed E-state index contributed by atoms with van der Waals surface area (Å²) in [7, 11) is 0. The molecule has 0 fully saturated rings. The van der Waals surface area contributed by atoms with Crippen LogP contribution >= 0.6 is 0 Å². The van der Waals surface area contributed by atoms with Gasteiger partial charge >= 0.3 is 0 Å². The maximum atomic E-state index is 3.66. The van der Waals surface area contributed by atoms with Crippen LogP contribution in [0.4, 0.5) is 0 Å². The van der Waals surface area contributed by atoms with Gasteiger partial charge in [0.05, 0.1) is 0 Å². The summed E-state index contributed by atoms with van der Waals surface area (Å²) in [5.74, 6) is 0.786. The number of hydrogen-bond acceptors (Lipinski definition) is 1. The first-order valence-electron chi connectivity index (χ1n) is 7.71. The molecule has 0 radical (unpaired) electrons. The van der Waals surface area contributed by atoms with Crippen LogP contribution in [0.5, 0.6) is 0 Å². The molecule has 0 aliphatic heterocycles. The SMILES string of the molecule is CCC(CC)C(C)NCc1ccc(C(C)(C)C)cc1. The molecule has 0 amide bonds. The molecule has 1 rings (SSSR count). The van der Waals surface area contributed by atoms with Gasteiger partial charge in [-0.05, 0) is 29.4 Å². The van der Waals surface area contributed by atoms with E-state index in [0.717, 1.165) is 12.5 Å². The largest absolute Gasteiger partial charge is 0.310 e. The molecule has 0 saturated heterocycles. The van der Waals surface area contributed by atoms with Crippen LogP contribution in [-0.4, -0.2) is 6.04 Å². The molecule has 0 saturated carbocycles. The fourth-order valence-electron chi connectivity index (χ4n) is 2.56. The van der Waals surface area contributed by atoms with Crippen LogP contribution in [0.1, 0.15) is 65.5 Å². The van der Waals surface area contributed by atoms with Crippen molar-refractivity contribution in [2.45, 2.75) is 72.4 Å². The second-order valence-electron chi connectivity index (χ2n) is 6.69. The molecule has 1 atom stereocenters. The minimum Gasteiger partial charge on any atom is -0.310 e. The standard InChI is InChI=1S/C18H31N/c1-7-16(8-2)14(3)19-13-15-9-11-17(12-10-15)18(4,5)6/h9-12,14,16,19H,7-8,13H2,1-6H3. The minimum atomic E-state index is 0.245. The van der Waals surface area contributed by atoms with E-state index in [1.165, 1.54) is 24.0 Å². The second-order valence-corrected chi connectivity index (χ2v) is 6.69. The molecule has 0 aliphatic rings. The molecular weight excluding hydrogens is 230 g/mol. The normalized spacial score (nSPS) is 13.8. The van der Waals surface area contributed by atoms with E-state index in [-0.39, 0.29) is 5.41 Å². The first-order valence-corrected chi connectivity index (χ1v) is 7.71. The van der Waals surface area contributed by atoms with Crippen molar-refractivity contribution in [1.82, 2.24) is 5.32 Å². The van der Waals surface area contributed by atoms with Crippen LogP contribution in [0.2, 0.25) is 0 Å². The highest BCUT2D eigenvalue weighted by atomic mass is 14.9.